The normalized spacial score (nSPS) is 11.8. The van der Waals surface area contributed by atoms with Gasteiger partial charge in [0.15, 0.2) is 0 Å². The van der Waals surface area contributed by atoms with Gasteiger partial charge in [-0.2, -0.15) is 0 Å². The number of para-hydroxylation sites is 1. The van der Waals surface area contributed by atoms with Crippen LogP contribution in [-0.4, -0.2) is 4.57 Å². The van der Waals surface area contributed by atoms with Gasteiger partial charge in [0.2, 0.25) is 0 Å². The molecule has 0 N–H and O–H groups in total. The number of thiophene rings is 2. The second-order valence-electron chi connectivity index (χ2n) is 18.9. The number of halogens is 1. The minimum absolute atomic E-state index is 1.06. The Labute approximate surface area is 439 Å². The van der Waals surface area contributed by atoms with Crippen LogP contribution >= 0.6 is 38.6 Å². The van der Waals surface area contributed by atoms with Gasteiger partial charge in [0, 0.05) is 61.3 Å². The second-order valence-corrected chi connectivity index (χ2v) is 22.0. The molecule has 0 amide bonds. The lowest BCUT2D eigenvalue weighted by molar-refractivity contribution is 1.18. The molecule has 4 heteroatoms. The summed E-state index contributed by atoms with van der Waals surface area (Å²) >= 11 is 7.20. The van der Waals surface area contributed by atoms with Crippen LogP contribution in [-0.2, 0) is 6.42 Å². The van der Waals surface area contributed by atoms with Gasteiger partial charge in [0.1, 0.15) is 0 Å². The zero-order chi connectivity index (χ0) is 48.4. The van der Waals surface area contributed by atoms with E-state index >= 15 is 0 Å². The van der Waals surface area contributed by atoms with E-state index in [1.807, 2.05) is 28.7 Å². The third-order valence-electron chi connectivity index (χ3n) is 14.6. The first-order valence-corrected chi connectivity index (χ1v) is 27.2. The third-order valence-corrected chi connectivity index (χ3v) is 17.4. The first-order chi connectivity index (χ1) is 36.1. The summed E-state index contributed by atoms with van der Waals surface area (Å²) in [7, 11) is 0. The van der Waals surface area contributed by atoms with Crippen molar-refractivity contribution in [1.29, 1.82) is 0 Å². The van der Waals surface area contributed by atoms with Crippen molar-refractivity contribution >= 4 is 122 Å². The van der Waals surface area contributed by atoms with Gasteiger partial charge in [-0.1, -0.05) is 198 Å². The summed E-state index contributed by atoms with van der Waals surface area (Å²) in [6, 6.07) is 92.1. The van der Waals surface area contributed by atoms with Crippen LogP contribution in [0.1, 0.15) is 11.1 Å². The van der Waals surface area contributed by atoms with Crippen LogP contribution in [0.2, 0.25) is 0 Å². The van der Waals surface area contributed by atoms with Crippen molar-refractivity contribution in [3.63, 3.8) is 0 Å². The summed E-state index contributed by atoms with van der Waals surface area (Å²) in [6.45, 7) is 0. The van der Waals surface area contributed by atoms with E-state index < -0.39 is 0 Å². The summed E-state index contributed by atoms with van der Waals surface area (Å²) in [5, 5.41) is 13.5. The van der Waals surface area contributed by atoms with E-state index in [0.29, 0.717) is 0 Å². The lowest BCUT2D eigenvalue weighted by Gasteiger charge is -2.10. The molecule has 15 aromatic rings. The average Bonchev–Trinajstić information content (AvgIpc) is 4.22. The molecule has 0 radical (unpaired) electrons. The van der Waals surface area contributed by atoms with Crippen LogP contribution in [0.3, 0.4) is 0 Å². The number of nitrogens with zero attached hydrogens (tertiary/aromatic N) is 1. The van der Waals surface area contributed by atoms with Gasteiger partial charge >= 0.3 is 0 Å². The molecule has 1 nitrogen and oxygen atoms in total. The third kappa shape index (κ3) is 7.73. The van der Waals surface area contributed by atoms with Gasteiger partial charge in [-0.05, 0) is 145 Å². The number of aromatic nitrogens is 1. The second kappa shape index (κ2) is 18.2. The van der Waals surface area contributed by atoms with Crippen molar-refractivity contribution in [1.82, 2.24) is 4.57 Å². The smallest absolute Gasteiger partial charge is 0.0547 e. The molecule has 16 rings (SSSR count). The number of benzene rings is 12. The SMILES string of the molecule is Brc1ccc(-c2ccccc2)cc1.c1ccc(-c2ccc(-n3c4ccccc4c4cc5c(ccc6sc7ccccc7c65)cc43)cc2)cc1.c1ccc2c(c1)Cc1cc3ccc4sc5ccccc5c4c3cc1-2. The van der Waals surface area contributed by atoms with Crippen LogP contribution in [0.15, 0.2) is 259 Å². The van der Waals surface area contributed by atoms with Gasteiger partial charge < -0.3 is 4.57 Å². The summed E-state index contributed by atoms with van der Waals surface area (Å²) < 4.78 is 8.99. The number of rotatable bonds is 3. The van der Waals surface area contributed by atoms with Gasteiger partial charge in [-0.25, -0.2) is 0 Å². The molecule has 0 atom stereocenters. The van der Waals surface area contributed by atoms with Crippen LogP contribution in [0.5, 0.6) is 0 Å². The molecule has 73 heavy (non-hydrogen) atoms. The van der Waals surface area contributed by atoms with Crippen molar-refractivity contribution in [3.8, 4) is 39.1 Å². The molecule has 0 spiro atoms. The maximum atomic E-state index is 3.42. The van der Waals surface area contributed by atoms with Crippen molar-refractivity contribution in [3.05, 3.63) is 270 Å². The fraction of sp³-hybridized carbons (Fsp3) is 0.0145. The average molecular weight is 1030 g/mol. The first kappa shape index (κ1) is 43.7. The Morgan fingerprint density at radius 1 is 0.315 bits per heavy atom. The molecular formula is C69H44BrNS2. The van der Waals surface area contributed by atoms with E-state index in [1.54, 1.807) is 0 Å². The topological polar surface area (TPSA) is 4.93 Å². The Morgan fingerprint density at radius 2 is 0.822 bits per heavy atom. The predicted octanol–water partition coefficient (Wildman–Crippen LogP) is 20.9. The molecule has 0 fully saturated rings. The Bertz CT molecular complexity index is 4560. The maximum Gasteiger partial charge on any atom is 0.0547 e. The molecule has 12 aromatic carbocycles. The largest absolute Gasteiger partial charge is 0.309 e. The highest BCUT2D eigenvalue weighted by Gasteiger charge is 2.20. The summed E-state index contributed by atoms with van der Waals surface area (Å²) in [6.07, 6.45) is 1.06. The molecule has 0 bridgehead atoms. The Kier molecular flexibility index (Phi) is 10.9. The summed E-state index contributed by atoms with van der Waals surface area (Å²) in [4.78, 5) is 0. The summed E-state index contributed by atoms with van der Waals surface area (Å²) in [5.41, 5.74) is 14.4. The minimum Gasteiger partial charge on any atom is -0.309 e. The van der Waals surface area contributed by atoms with Crippen LogP contribution in [0.25, 0.3) is 123 Å². The van der Waals surface area contributed by atoms with Crippen molar-refractivity contribution in [2.24, 2.45) is 0 Å². The molecule has 1 aliphatic carbocycles. The molecule has 0 aliphatic heterocycles. The van der Waals surface area contributed by atoms with Gasteiger partial charge in [-0.15, -0.1) is 22.7 Å². The number of hydrogen-bond acceptors (Lipinski definition) is 2. The Hall–Kier alpha value is -8.12. The quantitative estimate of drug-likeness (QED) is 0.166. The standard InChI is InChI=1S/C34H21NS.C23H14S.C12H9Br/c1-2-8-22(9-3-1)23-14-17-25(18-15-23)35-30-12-6-4-10-26(30)29-21-28-24(20-31(29)35)16-19-33-34(28)27-11-5-7-13-32(27)36-33;1-2-6-17-14(5-1)11-16-12-15-9-10-22-23(20(15)13-19(16)17)18-7-3-4-8-21(18)24-22;13-12-8-6-11(7-9-12)10-4-2-1-3-5-10/h1-21H;1-10,12-13H,11H2;1-9H. The van der Waals surface area contributed by atoms with E-state index in [9.17, 15) is 0 Å². The lowest BCUT2D eigenvalue weighted by atomic mass is 9.97. The molecule has 344 valence electrons. The molecule has 3 heterocycles. The predicted molar refractivity (Wildman–Crippen MR) is 321 cm³/mol. The van der Waals surface area contributed by atoms with E-state index in [2.05, 4.69) is 269 Å². The molecule has 0 saturated carbocycles. The fourth-order valence-electron chi connectivity index (χ4n) is 11.2. The van der Waals surface area contributed by atoms with Crippen LogP contribution < -0.4 is 0 Å². The Balaban J connectivity index is 0.000000114. The fourth-order valence-corrected chi connectivity index (χ4v) is 13.7. The minimum atomic E-state index is 1.06. The van der Waals surface area contributed by atoms with E-state index in [1.165, 1.54) is 134 Å². The van der Waals surface area contributed by atoms with E-state index in [-0.39, 0.29) is 0 Å². The molecule has 0 saturated heterocycles. The van der Waals surface area contributed by atoms with Gasteiger partial charge in [0.25, 0.3) is 0 Å². The van der Waals surface area contributed by atoms with Crippen molar-refractivity contribution < 1.29 is 0 Å². The number of hydrogen-bond donors (Lipinski definition) is 0. The highest BCUT2D eigenvalue weighted by Crippen LogP contribution is 2.45. The van der Waals surface area contributed by atoms with Gasteiger partial charge in [0.05, 0.1) is 11.0 Å². The number of fused-ring (bicyclic) bond motifs is 16. The van der Waals surface area contributed by atoms with Crippen molar-refractivity contribution in [2.75, 3.05) is 0 Å². The zero-order valence-electron chi connectivity index (χ0n) is 39.6. The molecule has 1 aliphatic rings. The first-order valence-electron chi connectivity index (χ1n) is 24.8. The van der Waals surface area contributed by atoms with E-state index in [0.717, 1.165) is 10.9 Å². The monoisotopic (exact) mass is 1030 g/mol. The van der Waals surface area contributed by atoms with Gasteiger partial charge in [-0.3, -0.25) is 0 Å². The lowest BCUT2D eigenvalue weighted by Crippen LogP contribution is -1.93. The summed E-state index contributed by atoms with van der Waals surface area (Å²) in [5.74, 6) is 0. The van der Waals surface area contributed by atoms with Crippen molar-refractivity contribution in [2.45, 2.75) is 6.42 Å². The Morgan fingerprint density at radius 3 is 1.47 bits per heavy atom. The molecule has 0 unspecified atom stereocenters. The highest BCUT2D eigenvalue weighted by atomic mass is 79.9. The zero-order valence-corrected chi connectivity index (χ0v) is 42.8. The van der Waals surface area contributed by atoms with E-state index in [4.69, 9.17) is 0 Å². The molecule has 3 aromatic heterocycles. The molecular weight excluding hydrogens is 987 g/mol. The van der Waals surface area contributed by atoms with Crippen LogP contribution in [0, 0.1) is 0 Å². The maximum absolute atomic E-state index is 3.42. The highest BCUT2D eigenvalue weighted by molar-refractivity contribution is 9.10. The van der Waals surface area contributed by atoms with Crippen LogP contribution in [0.4, 0.5) is 0 Å².